The summed E-state index contributed by atoms with van der Waals surface area (Å²) in [7, 11) is 0. The second-order valence-electron chi connectivity index (χ2n) is 5.96. The van der Waals surface area contributed by atoms with Crippen molar-refractivity contribution in [2.75, 3.05) is 24.5 Å². The number of likely N-dealkylation sites (tertiary alicyclic amines) is 1. The first kappa shape index (κ1) is 15.1. The van der Waals surface area contributed by atoms with Gasteiger partial charge in [0, 0.05) is 30.6 Å². The van der Waals surface area contributed by atoms with Crippen LogP contribution in [0.25, 0.3) is 0 Å². The molecule has 0 spiro atoms. The van der Waals surface area contributed by atoms with Gasteiger partial charge in [0.1, 0.15) is 0 Å². The molecule has 1 aromatic rings. The standard InChI is InChI=1S/C14H20F3N3S/c1-10-3-2-6-20(10)11-4-7-19(8-5-11)13-18-12(9-21-13)14(15,16)17/h9-11H,2-8H2,1H3. The van der Waals surface area contributed by atoms with Gasteiger partial charge in [0.25, 0.3) is 0 Å². The Hall–Kier alpha value is -0.820. The van der Waals surface area contributed by atoms with Gasteiger partial charge in [-0.1, -0.05) is 0 Å². The fraction of sp³-hybridized carbons (Fsp3) is 0.786. The van der Waals surface area contributed by atoms with Gasteiger partial charge in [-0.3, -0.25) is 4.90 Å². The van der Waals surface area contributed by atoms with Gasteiger partial charge in [0.2, 0.25) is 0 Å². The summed E-state index contributed by atoms with van der Waals surface area (Å²) in [5.41, 5.74) is -0.766. The number of alkyl halides is 3. The summed E-state index contributed by atoms with van der Waals surface area (Å²) in [6.07, 6.45) is 0.235. The summed E-state index contributed by atoms with van der Waals surface area (Å²) < 4.78 is 37.8. The first-order valence-electron chi connectivity index (χ1n) is 7.48. The van der Waals surface area contributed by atoms with Crippen LogP contribution in [0, 0.1) is 0 Å². The number of thiazole rings is 1. The number of halogens is 3. The van der Waals surface area contributed by atoms with E-state index in [1.807, 2.05) is 4.90 Å². The Morgan fingerprint density at radius 3 is 2.43 bits per heavy atom. The highest BCUT2D eigenvalue weighted by Gasteiger charge is 2.35. The third kappa shape index (κ3) is 3.18. The van der Waals surface area contributed by atoms with Crippen molar-refractivity contribution in [3.05, 3.63) is 11.1 Å². The minimum absolute atomic E-state index is 0.509. The maximum atomic E-state index is 12.6. The van der Waals surface area contributed by atoms with Crippen LogP contribution >= 0.6 is 11.3 Å². The van der Waals surface area contributed by atoms with E-state index in [1.165, 1.54) is 19.4 Å². The van der Waals surface area contributed by atoms with Crippen LogP contribution in [0.1, 0.15) is 38.3 Å². The molecule has 3 rings (SSSR count). The molecule has 2 aliphatic rings. The summed E-state index contributed by atoms with van der Waals surface area (Å²) >= 11 is 1.10. The minimum Gasteiger partial charge on any atom is -0.348 e. The first-order valence-corrected chi connectivity index (χ1v) is 8.36. The van der Waals surface area contributed by atoms with Crippen molar-refractivity contribution in [1.29, 1.82) is 0 Å². The number of rotatable bonds is 2. The molecule has 2 fully saturated rings. The van der Waals surface area contributed by atoms with E-state index in [0.717, 1.165) is 42.6 Å². The average molecular weight is 319 g/mol. The number of hydrogen-bond acceptors (Lipinski definition) is 4. The van der Waals surface area contributed by atoms with E-state index in [4.69, 9.17) is 0 Å². The highest BCUT2D eigenvalue weighted by molar-refractivity contribution is 7.13. The van der Waals surface area contributed by atoms with Gasteiger partial charge in [-0.05, 0) is 39.2 Å². The Balaban J connectivity index is 1.59. The van der Waals surface area contributed by atoms with E-state index < -0.39 is 11.9 Å². The van der Waals surface area contributed by atoms with Crippen LogP contribution in [0.5, 0.6) is 0 Å². The first-order chi connectivity index (χ1) is 9.95. The molecule has 118 valence electrons. The zero-order valence-corrected chi connectivity index (χ0v) is 12.9. The van der Waals surface area contributed by atoms with Crippen LogP contribution in [-0.4, -0.2) is 41.6 Å². The van der Waals surface area contributed by atoms with Gasteiger partial charge >= 0.3 is 6.18 Å². The Labute approximate surface area is 126 Å². The van der Waals surface area contributed by atoms with Crippen molar-refractivity contribution in [2.24, 2.45) is 0 Å². The molecule has 0 aromatic carbocycles. The normalized spacial score (nSPS) is 25.7. The quantitative estimate of drug-likeness (QED) is 0.830. The van der Waals surface area contributed by atoms with Crippen LogP contribution in [0.2, 0.25) is 0 Å². The van der Waals surface area contributed by atoms with Crippen LogP contribution in [0.4, 0.5) is 18.3 Å². The van der Waals surface area contributed by atoms with Crippen molar-refractivity contribution >= 4 is 16.5 Å². The smallest absolute Gasteiger partial charge is 0.348 e. The summed E-state index contributed by atoms with van der Waals surface area (Å²) in [5.74, 6) is 0. The molecule has 2 saturated heterocycles. The van der Waals surface area contributed by atoms with E-state index >= 15 is 0 Å². The molecule has 0 bridgehead atoms. The van der Waals surface area contributed by atoms with Gasteiger partial charge in [-0.15, -0.1) is 11.3 Å². The van der Waals surface area contributed by atoms with Crippen molar-refractivity contribution < 1.29 is 13.2 Å². The Bertz CT molecular complexity index is 480. The number of nitrogens with zero attached hydrogens (tertiary/aromatic N) is 3. The molecule has 0 amide bonds. The largest absolute Gasteiger partial charge is 0.434 e. The van der Waals surface area contributed by atoms with Crippen LogP contribution in [-0.2, 0) is 6.18 Å². The van der Waals surface area contributed by atoms with Crippen LogP contribution < -0.4 is 4.90 Å². The molecule has 1 aromatic heterocycles. The lowest BCUT2D eigenvalue weighted by atomic mass is 10.0. The fourth-order valence-electron chi connectivity index (χ4n) is 3.43. The maximum absolute atomic E-state index is 12.6. The Kier molecular flexibility index (Phi) is 4.14. The van der Waals surface area contributed by atoms with Crippen molar-refractivity contribution in [3.8, 4) is 0 Å². The average Bonchev–Trinajstić information content (AvgIpc) is 3.07. The van der Waals surface area contributed by atoms with E-state index in [9.17, 15) is 13.2 Å². The summed E-state index contributed by atoms with van der Waals surface area (Å²) in [5, 5.41) is 1.62. The lowest BCUT2D eigenvalue weighted by Gasteiger charge is -2.38. The molecule has 3 nitrogen and oxygen atoms in total. The molecule has 0 aliphatic carbocycles. The predicted molar refractivity (Wildman–Crippen MR) is 77.8 cm³/mol. The molecule has 0 N–H and O–H groups in total. The van der Waals surface area contributed by atoms with Crippen molar-refractivity contribution in [2.45, 2.75) is 50.9 Å². The predicted octanol–water partition coefficient (Wildman–Crippen LogP) is 3.62. The third-order valence-corrected chi connectivity index (χ3v) is 5.49. The zero-order valence-electron chi connectivity index (χ0n) is 12.1. The molecule has 3 heterocycles. The second-order valence-corrected chi connectivity index (χ2v) is 6.80. The summed E-state index contributed by atoms with van der Waals surface area (Å²) in [6.45, 7) is 5.05. The maximum Gasteiger partial charge on any atom is 0.434 e. The molecule has 1 atom stereocenters. The zero-order chi connectivity index (χ0) is 15.0. The lowest BCUT2D eigenvalue weighted by Crippen LogP contribution is -2.46. The number of anilines is 1. The highest BCUT2D eigenvalue weighted by Crippen LogP contribution is 2.34. The van der Waals surface area contributed by atoms with Gasteiger partial charge < -0.3 is 4.90 Å². The molecule has 0 radical (unpaired) electrons. The van der Waals surface area contributed by atoms with Crippen LogP contribution in [0.3, 0.4) is 0 Å². The number of hydrogen-bond donors (Lipinski definition) is 0. The molecule has 7 heteroatoms. The number of piperidine rings is 1. The van der Waals surface area contributed by atoms with E-state index in [2.05, 4.69) is 16.8 Å². The summed E-state index contributed by atoms with van der Waals surface area (Å²) in [4.78, 5) is 8.32. The second kappa shape index (κ2) is 5.76. The van der Waals surface area contributed by atoms with Gasteiger partial charge in [0.15, 0.2) is 10.8 Å². The minimum atomic E-state index is -4.34. The highest BCUT2D eigenvalue weighted by atomic mass is 32.1. The van der Waals surface area contributed by atoms with E-state index in [-0.39, 0.29) is 0 Å². The fourth-order valence-corrected chi connectivity index (χ4v) is 4.31. The Morgan fingerprint density at radius 1 is 1.19 bits per heavy atom. The summed E-state index contributed by atoms with van der Waals surface area (Å²) in [6, 6.07) is 1.24. The third-order valence-electron chi connectivity index (χ3n) is 4.59. The SMILES string of the molecule is CC1CCCN1C1CCN(c2nc(C(F)(F)F)cs2)CC1. The van der Waals surface area contributed by atoms with Gasteiger partial charge in [0.05, 0.1) is 0 Å². The molecule has 1 unspecified atom stereocenters. The Morgan fingerprint density at radius 2 is 1.90 bits per heavy atom. The topological polar surface area (TPSA) is 19.4 Å². The molecule has 0 saturated carbocycles. The molecule has 2 aliphatic heterocycles. The molecular formula is C14H20F3N3S. The van der Waals surface area contributed by atoms with Crippen LogP contribution in [0.15, 0.2) is 5.38 Å². The lowest BCUT2D eigenvalue weighted by molar-refractivity contribution is -0.140. The van der Waals surface area contributed by atoms with E-state index in [0.29, 0.717) is 17.2 Å². The van der Waals surface area contributed by atoms with Gasteiger partial charge in [-0.25, -0.2) is 4.98 Å². The van der Waals surface area contributed by atoms with E-state index in [1.54, 1.807) is 0 Å². The number of aromatic nitrogens is 1. The van der Waals surface area contributed by atoms with Gasteiger partial charge in [-0.2, -0.15) is 13.2 Å². The monoisotopic (exact) mass is 319 g/mol. The van der Waals surface area contributed by atoms with Crippen molar-refractivity contribution in [1.82, 2.24) is 9.88 Å². The molecule has 21 heavy (non-hydrogen) atoms. The van der Waals surface area contributed by atoms with Crippen molar-refractivity contribution in [3.63, 3.8) is 0 Å². The molecular weight excluding hydrogens is 299 g/mol.